The summed E-state index contributed by atoms with van der Waals surface area (Å²) in [6, 6.07) is 8.28. The van der Waals surface area contributed by atoms with Gasteiger partial charge in [0.05, 0.1) is 11.5 Å². The van der Waals surface area contributed by atoms with Crippen molar-refractivity contribution in [3.05, 3.63) is 30.3 Å². The maximum absolute atomic E-state index is 11.7. The van der Waals surface area contributed by atoms with Crippen LogP contribution in [-0.4, -0.2) is 38.1 Å². The Morgan fingerprint density at radius 2 is 1.53 bits per heavy atom. The minimum absolute atomic E-state index is 0. The zero-order valence-electron chi connectivity index (χ0n) is 11.7. The Bertz CT molecular complexity index is 418. The molecule has 5 heteroatoms. The van der Waals surface area contributed by atoms with Crippen LogP contribution in [-0.2, 0) is 14.3 Å². The molecule has 104 valence electrons. The molecule has 3 nitrogen and oxygen atoms in total. The van der Waals surface area contributed by atoms with Gasteiger partial charge in [-0.1, -0.05) is 57.2 Å². The Balaban J connectivity index is 0.00000324. The van der Waals surface area contributed by atoms with E-state index in [9.17, 15) is 8.42 Å². The molecular weight excluding hydrogens is 273 g/mol. The second kappa shape index (κ2) is 10.7. The lowest BCUT2D eigenvalue weighted by Gasteiger charge is -2.05. The maximum atomic E-state index is 11.7. The second-order valence-electron chi connectivity index (χ2n) is 4.36. The first-order valence-electron chi connectivity index (χ1n) is 6.61. The fraction of sp³-hybridized carbons (Fsp3) is 0.571. The molecule has 2 radical (unpaired) electrons. The Morgan fingerprint density at radius 1 is 0.947 bits per heavy atom. The van der Waals surface area contributed by atoms with Crippen LogP contribution in [0.4, 0.5) is 0 Å². The van der Waals surface area contributed by atoms with E-state index in [1.807, 2.05) is 0 Å². The van der Waals surface area contributed by atoms with Gasteiger partial charge < -0.3 is 0 Å². The highest BCUT2D eigenvalue weighted by Crippen LogP contribution is 2.12. The first-order valence-corrected chi connectivity index (χ1v) is 8.02. The number of benzene rings is 1. The van der Waals surface area contributed by atoms with E-state index in [2.05, 4.69) is 6.92 Å². The van der Waals surface area contributed by atoms with Crippen LogP contribution in [0.2, 0.25) is 0 Å². The molecule has 0 saturated carbocycles. The molecule has 0 unspecified atom stereocenters. The molecule has 1 aromatic carbocycles. The summed E-state index contributed by atoms with van der Waals surface area (Å²) < 4.78 is 28.5. The third kappa shape index (κ3) is 7.92. The summed E-state index contributed by atoms with van der Waals surface area (Å²) in [5.74, 6) is 0. The van der Waals surface area contributed by atoms with Crippen molar-refractivity contribution < 1.29 is 12.6 Å². The van der Waals surface area contributed by atoms with E-state index in [4.69, 9.17) is 4.18 Å². The topological polar surface area (TPSA) is 43.4 Å². The second-order valence-corrected chi connectivity index (χ2v) is 5.97. The van der Waals surface area contributed by atoms with E-state index < -0.39 is 10.1 Å². The predicted molar refractivity (Wildman–Crippen MR) is 78.7 cm³/mol. The maximum Gasteiger partial charge on any atom is 0.296 e. The van der Waals surface area contributed by atoms with Gasteiger partial charge in [-0.15, -0.1) is 0 Å². The van der Waals surface area contributed by atoms with Crippen LogP contribution in [0.1, 0.15) is 45.4 Å². The summed E-state index contributed by atoms with van der Waals surface area (Å²) in [4.78, 5) is 0.232. The standard InChI is InChI=1S/C14H22O3S.Mg/c1-2-3-4-5-6-10-13-17-18(15,16)14-11-8-7-9-12-14;/h7-9,11-12H,2-6,10,13H2,1H3;. The third-order valence-corrected chi connectivity index (χ3v) is 4.09. The molecule has 1 aromatic rings. The third-order valence-electron chi connectivity index (χ3n) is 2.77. The molecule has 0 bridgehead atoms. The lowest BCUT2D eigenvalue weighted by Crippen LogP contribution is -2.07. The van der Waals surface area contributed by atoms with Crippen LogP contribution in [0, 0.1) is 0 Å². The number of hydrogen-bond donors (Lipinski definition) is 0. The minimum Gasteiger partial charge on any atom is -0.266 e. The molecule has 0 aliphatic heterocycles. The summed E-state index contributed by atoms with van der Waals surface area (Å²) >= 11 is 0. The van der Waals surface area contributed by atoms with Gasteiger partial charge in [0.2, 0.25) is 0 Å². The molecule has 1 rings (SSSR count). The van der Waals surface area contributed by atoms with Crippen molar-refractivity contribution in [1.82, 2.24) is 0 Å². The molecule has 0 atom stereocenters. The average Bonchev–Trinajstić information content (AvgIpc) is 2.39. The van der Waals surface area contributed by atoms with Gasteiger partial charge in [-0.3, -0.25) is 4.18 Å². The molecule has 0 aliphatic carbocycles. The zero-order chi connectivity index (χ0) is 13.3. The number of hydrogen-bond acceptors (Lipinski definition) is 3. The Hall–Kier alpha value is -0.104. The quantitative estimate of drug-likeness (QED) is 0.398. The van der Waals surface area contributed by atoms with Gasteiger partial charge >= 0.3 is 0 Å². The lowest BCUT2D eigenvalue weighted by atomic mass is 10.1. The monoisotopic (exact) mass is 294 g/mol. The normalized spacial score (nSPS) is 11.0. The highest BCUT2D eigenvalue weighted by Gasteiger charge is 2.13. The average molecular weight is 295 g/mol. The van der Waals surface area contributed by atoms with E-state index in [1.54, 1.807) is 30.3 Å². The number of rotatable bonds is 9. The Labute approximate surface area is 133 Å². The van der Waals surface area contributed by atoms with Crippen molar-refractivity contribution in [1.29, 1.82) is 0 Å². The first kappa shape index (κ1) is 18.9. The highest BCUT2D eigenvalue weighted by atomic mass is 32.2. The van der Waals surface area contributed by atoms with E-state index in [0.29, 0.717) is 0 Å². The van der Waals surface area contributed by atoms with Crippen LogP contribution < -0.4 is 0 Å². The van der Waals surface area contributed by atoms with Gasteiger partial charge in [0, 0.05) is 23.1 Å². The van der Waals surface area contributed by atoms with Gasteiger partial charge in [0.1, 0.15) is 0 Å². The predicted octanol–water partition coefficient (Wildman–Crippen LogP) is 3.37. The van der Waals surface area contributed by atoms with Gasteiger partial charge in [-0.05, 0) is 18.6 Å². The first-order chi connectivity index (χ1) is 8.67. The van der Waals surface area contributed by atoms with Crippen LogP contribution in [0.15, 0.2) is 35.2 Å². The lowest BCUT2D eigenvalue weighted by molar-refractivity contribution is 0.306. The Morgan fingerprint density at radius 3 is 2.16 bits per heavy atom. The van der Waals surface area contributed by atoms with Crippen LogP contribution in [0.5, 0.6) is 0 Å². The van der Waals surface area contributed by atoms with Crippen LogP contribution in [0.3, 0.4) is 0 Å². The smallest absolute Gasteiger partial charge is 0.266 e. The van der Waals surface area contributed by atoms with E-state index in [0.717, 1.165) is 19.3 Å². The molecule has 0 spiro atoms. The molecule has 0 fully saturated rings. The zero-order valence-corrected chi connectivity index (χ0v) is 13.9. The van der Waals surface area contributed by atoms with E-state index >= 15 is 0 Å². The van der Waals surface area contributed by atoms with Crippen molar-refractivity contribution in [2.75, 3.05) is 6.61 Å². The summed E-state index contributed by atoms with van der Waals surface area (Å²) in [6.45, 7) is 2.46. The van der Waals surface area contributed by atoms with Gasteiger partial charge in [-0.25, -0.2) is 0 Å². The van der Waals surface area contributed by atoms with E-state index in [1.165, 1.54) is 19.3 Å². The fourth-order valence-corrected chi connectivity index (χ4v) is 2.67. The molecule has 0 saturated heterocycles. The molecule has 0 N–H and O–H groups in total. The summed E-state index contributed by atoms with van der Waals surface area (Å²) in [5.41, 5.74) is 0. The molecule has 0 aromatic heterocycles. The van der Waals surface area contributed by atoms with Crippen LogP contribution in [0.25, 0.3) is 0 Å². The highest BCUT2D eigenvalue weighted by molar-refractivity contribution is 7.86. The largest absolute Gasteiger partial charge is 0.296 e. The van der Waals surface area contributed by atoms with Crippen LogP contribution >= 0.6 is 0 Å². The van der Waals surface area contributed by atoms with Crippen molar-refractivity contribution in [3.8, 4) is 0 Å². The SMILES string of the molecule is CCCCCCCCOS(=O)(=O)c1ccccc1.[Mg]. The van der Waals surface area contributed by atoms with Gasteiger partial charge in [-0.2, -0.15) is 8.42 Å². The number of unbranched alkanes of at least 4 members (excludes halogenated alkanes) is 5. The summed E-state index contributed by atoms with van der Waals surface area (Å²) in [5, 5.41) is 0. The summed E-state index contributed by atoms with van der Waals surface area (Å²) in [6.07, 6.45) is 6.69. The molecule has 0 heterocycles. The summed E-state index contributed by atoms with van der Waals surface area (Å²) in [7, 11) is -3.56. The van der Waals surface area contributed by atoms with Gasteiger partial charge in [0.25, 0.3) is 10.1 Å². The Kier molecular flexibility index (Phi) is 10.6. The van der Waals surface area contributed by atoms with Crippen molar-refractivity contribution in [2.24, 2.45) is 0 Å². The molecular formula is C14H22MgO3S. The van der Waals surface area contributed by atoms with Crippen molar-refractivity contribution >= 4 is 33.2 Å². The molecule has 19 heavy (non-hydrogen) atoms. The van der Waals surface area contributed by atoms with Crippen molar-refractivity contribution in [2.45, 2.75) is 50.3 Å². The molecule has 0 aliphatic rings. The fourth-order valence-electron chi connectivity index (χ4n) is 1.71. The van der Waals surface area contributed by atoms with Crippen molar-refractivity contribution in [3.63, 3.8) is 0 Å². The van der Waals surface area contributed by atoms with Gasteiger partial charge in [0.15, 0.2) is 0 Å². The molecule has 0 amide bonds. The van der Waals surface area contributed by atoms with E-state index in [-0.39, 0.29) is 34.6 Å². The minimum atomic E-state index is -3.56.